The summed E-state index contributed by atoms with van der Waals surface area (Å²) in [6, 6.07) is 0. The van der Waals surface area contributed by atoms with Crippen molar-refractivity contribution in [3.8, 4) is 0 Å². The van der Waals surface area contributed by atoms with E-state index in [1.807, 2.05) is 13.8 Å². The molecule has 1 rings (SSSR count). The Morgan fingerprint density at radius 3 is 1.33 bits per heavy atom. The molecule has 1 aliphatic carbocycles. The van der Waals surface area contributed by atoms with Crippen LogP contribution in [-0.2, 0) is 20.0 Å². The number of hydrogen-bond donors (Lipinski definition) is 2. The second kappa shape index (κ2) is 10.7. The summed E-state index contributed by atoms with van der Waals surface area (Å²) in [5.74, 6) is 1.58. The van der Waals surface area contributed by atoms with E-state index < -0.39 is 20.0 Å². The summed E-state index contributed by atoms with van der Waals surface area (Å²) in [7, 11) is -6.18. The van der Waals surface area contributed by atoms with E-state index in [0.29, 0.717) is 37.8 Å². The molecule has 0 heterocycles. The van der Waals surface area contributed by atoms with Crippen molar-refractivity contribution in [1.82, 2.24) is 9.44 Å². The standard InChI is InChI=1S/C16H34N2O4S2/c1-3-13-23(19,20)17-11-9-15-5-7-16(8-6-15)10-12-18-24(21,22)14-4-2/h15-18H,3-14H2,1-2H3. The minimum Gasteiger partial charge on any atom is -0.215 e. The van der Waals surface area contributed by atoms with Gasteiger partial charge < -0.3 is 0 Å². The highest BCUT2D eigenvalue weighted by Crippen LogP contribution is 2.32. The van der Waals surface area contributed by atoms with E-state index in [2.05, 4.69) is 9.44 Å². The normalized spacial score (nSPS) is 22.6. The van der Waals surface area contributed by atoms with Crippen LogP contribution in [0.1, 0.15) is 65.2 Å². The average molecular weight is 383 g/mol. The van der Waals surface area contributed by atoms with Crippen LogP contribution in [0.2, 0.25) is 0 Å². The molecule has 24 heavy (non-hydrogen) atoms. The van der Waals surface area contributed by atoms with Crippen LogP contribution in [0.25, 0.3) is 0 Å². The molecule has 144 valence electrons. The number of hydrogen-bond acceptors (Lipinski definition) is 4. The number of nitrogens with one attached hydrogen (secondary N) is 2. The maximum atomic E-state index is 11.6. The predicted octanol–water partition coefficient (Wildman–Crippen LogP) is 2.23. The Hall–Kier alpha value is -0.180. The molecule has 1 fully saturated rings. The maximum absolute atomic E-state index is 11.6. The van der Waals surface area contributed by atoms with E-state index in [1.54, 1.807) is 0 Å². The van der Waals surface area contributed by atoms with Crippen LogP contribution in [0.15, 0.2) is 0 Å². The predicted molar refractivity (Wildman–Crippen MR) is 98.8 cm³/mol. The minimum atomic E-state index is -3.09. The van der Waals surface area contributed by atoms with E-state index in [1.165, 1.54) is 0 Å². The van der Waals surface area contributed by atoms with Gasteiger partial charge in [0.1, 0.15) is 0 Å². The van der Waals surface area contributed by atoms with Crippen molar-refractivity contribution in [2.24, 2.45) is 11.8 Å². The van der Waals surface area contributed by atoms with Crippen LogP contribution in [0.4, 0.5) is 0 Å². The lowest BCUT2D eigenvalue weighted by atomic mass is 9.79. The molecule has 0 bridgehead atoms. The smallest absolute Gasteiger partial charge is 0.211 e. The first-order chi connectivity index (χ1) is 11.3. The van der Waals surface area contributed by atoms with Crippen LogP contribution >= 0.6 is 0 Å². The van der Waals surface area contributed by atoms with Gasteiger partial charge >= 0.3 is 0 Å². The molecule has 1 aliphatic rings. The molecular formula is C16H34N2O4S2. The summed E-state index contributed by atoms with van der Waals surface area (Å²) in [6.45, 7) is 4.80. The van der Waals surface area contributed by atoms with Crippen LogP contribution < -0.4 is 9.44 Å². The molecule has 0 radical (unpaired) electrons. The van der Waals surface area contributed by atoms with Crippen LogP contribution in [0.5, 0.6) is 0 Å². The van der Waals surface area contributed by atoms with Crippen molar-refractivity contribution in [2.45, 2.75) is 65.2 Å². The number of sulfonamides is 2. The summed E-state index contributed by atoms with van der Waals surface area (Å²) in [5.41, 5.74) is 0. The van der Waals surface area contributed by atoms with E-state index in [9.17, 15) is 16.8 Å². The first-order valence-corrected chi connectivity index (χ1v) is 12.5. The largest absolute Gasteiger partial charge is 0.215 e. The molecule has 2 N–H and O–H groups in total. The summed E-state index contributed by atoms with van der Waals surface area (Å²) in [6.07, 6.45) is 7.54. The van der Waals surface area contributed by atoms with E-state index in [0.717, 1.165) is 38.5 Å². The van der Waals surface area contributed by atoms with Gasteiger partial charge in [-0.15, -0.1) is 0 Å². The summed E-state index contributed by atoms with van der Waals surface area (Å²) in [4.78, 5) is 0. The van der Waals surface area contributed by atoms with Crippen molar-refractivity contribution in [3.63, 3.8) is 0 Å². The van der Waals surface area contributed by atoms with Gasteiger partial charge in [-0.1, -0.05) is 39.5 Å². The van der Waals surface area contributed by atoms with Gasteiger partial charge in [-0.05, 0) is 37.5 Å². The zero-order valence-corrected chi connectivity index (χ0v) is 16.7. The Kier molecular flexibility index (Phi) is 9.77. The Morgan fingerprint density at radius 2 is 1.04 bits per heavy atom. The van der Waals surface area contributed by atoms with Gasteiger partial charge in [0.25, 0.3) is 0 Å². The quantitative estimate of drug-likeness (QED) is 0.541. The van der Waals surface area contributed by atoms with E-state index in [4.69, 9.17) is 0 Å². The fourth-order valence-electron chi connectivity index (χ4n) is 3.33. The highest BCUT2D eigenvalue weighted by Gasteiger charge is 2.21. The van der Waals surface area contributed by atoms with Crippen molar-refractivity contribution in [2.75, 3.05) is 24.6 Å². The molecule has 0 aromatic heterocycles. The van der Waals surface area contributed by atoms with Crippen molar-refractivity contribution < 1.29 is 16.8 Å². The summed E-state index contributed by atoms with van der Waals surface area (Å²) >= 11 is 0. The zero-order valence-electron chi connectivity index (χ0n) is 15.1. The Labute approximate surface area is 148 Å². The molecule has 0 aromatic carbocycles. The molecule has 0 atom stereocenters. The van der Waals surface area contributed by atoms with Gasteiger partial charge in [0.15, 0.2) is 0 Å². The van der Waals surface area contributed by atoms with Gasteiger partial charge in [0.2, 0.25) is 20.0 Å². The second-order valence-electron chi connectivity index (χ2n) is 6.89. The molecule has 0 unspecified atom stereocenters. The first-order valence-electron chi connectivity index (χ1n) is 9.22. The van der Waals surface area contributed by atoms with Gasteiger partial charge in [-0.3, -0.25) is 0 Å². The average Bonchev–Trinajstić information content (AvgIpc) is 2.48. The third kappa shape index (κ3) is 9.34. The fourth-order valence-corrected chi connectivity index (χ4v) is 5.55. The zero-order chi connectivity index (χ0) is 18.1. The lowest BCUT2D eigenvalue weighted by Gasteiger charge is -2.28. The van der Waals surface area contributed by atoms with E-state index in [-0.39, 0.29) is 11.5 Å². The summed E-state index contributed by atoms with van der Waals surface area (Å²) in [5, 5.41) is 0. The highest BCUT2D eigenvalue weighted by molar-refractivity contribution is 7.89. The Bertz CT molecular complexity index is 488. The molecule has 6 nitrogen and oxygen atoms in total. The van der Waals surface area contributed by atoms with Gasteiger partial charge in [-0.2, -0.15) is 0 Å². The van der Waals surface area contributed by atoms with Crippen molar-refractivity contribution >= 4 is 20.0 Å². The van der Waals surface area contributed by atoms with Gasteiger partial charge in [-0.25, -0.2) is 26.3 Å². The molecule has 0 aliphatic heterocycles. The third-order valence-electron chi connectivity index (χ3n) is 4.66. The molecule has 0 saturated heterocycles. The molecule has 8 heteroatoms. The van der Waals surface area contributed by atoms with E-state index >= 15 is 0 Å². The molecule has 1 saturated carbocycles. The topological polar surface area (TPSA) is 92.3 Å². The molecule has 0 aromatic rings. The van der Waals surface area contributed by atoms with Crippen LogP contribution in [0, 0.1) is 11.8 Å². The van der Waals surface area contributed by atoms with Crippen molar-refractivity contribution in [1.29, 1.82) is 0 Å². The molecule has 0 spiro atoms. The second-order valence-corrected chi connectivity index (χ2v) is 10.7. The highest BCUT2D eigenvalue weighted by atomic mass is 32.2. The summed E-state index contributed by atoms with van der Waals surface area (Å²) < 4.78 is 51.8. The third-order valence-corrected chi connectivity index (χ3v) is 7.84. The Morgan fingerprint density at radius 1 is 0.708 bits per heavy atom. The molecule has 0 amide bonds. The van der Waals surface area contributed by atoms with Crippen LogP contribution in [-0.4, -0.2) is 41.4 Å². The van der Waals surface area contributed by atoms with Crippen LogP contribution in [0.3, 0.4) is 0 Å². The lowest BCUT2D eigenvalue weighted by molar-refractivity contribution is 0.255. The number of rotatable bonds is 12. The lowest BCUT2D eigenvalue weighted by Crippen LogP contribution is -2.30. The maximum Gasteiger partial charge on any atom is 0.211 e. The van der Waals surface area contributed by atoms with Gasteiger partial charge in [0, 0.05) is 13.1 Å². The fraction of sp³-hybridized carbons (Fsp3) is 1.00. The van der Waals surface area contributed by atoms with Crippen molar-refractivity contribution in [3.05, 3.63) is 0 Å². The van der Waals surface area contributed by atoms with Gasteiger partial charge in [0.05, 0.1) is 11.5 Å². The monoisotopic (exact) mass is 382 g/mol. The Balaban J connectivity index is 2.16. The first kappa shape index (κ1) is 21.9. The minimum absolute atomic E-state index is 0.202. The molecular weight excluding hydrogens is 348 g/mol. The SMILES string of the molecule is CCCS(=O)(=O)NCCC1CCC(CCNS(=O)(=O)CCC)CC1.